The molecule has 1 aliphatic heterocycles. The number of aliphatic hydroxyl groups is 2. The molecule has 0 saturated carbocycles. The number of fused-ring (bicyclic) bond motifs is 3. The van der Waals surface area contributed by atoms with Crippen molar-refractivity contribution in [3.63, 3.8) is 0 Å². The van der Waals surface area contributed by atoms with Crippen molar-refractivity contribution >= 4 is 5.97 Å². The second kappa shape index (κ2) is 5.46. The molecule has 2 N–H and O–H groups in total. The number of ether oxygens (including phenoxy) is 1. The number of aliphatic hydroxyl groups excluding tert-OH is 1. The lowest BCUT2D eigenvalue weighted by molar-refractivity contribution is -0.152. The maximum absolute atomic E-state index is 11.7. The molecule has 1 saturated heterocycles. The van der Waals surface area contributed by atoms with Crippen LogP contribution in [-0.2, 0) is 28.8 Å². The Morgan fingerprint density at radius 2 is 1.96 bits per heavy atom. The van der Waals surface area contributed by atoms with Gasteiger partial charge in [-0.2, -0.15) is 0 Å². The van der Waals surface area contributed by atoms with Crippen LogP contribution in [0.15, 0.2) is 29.8 Å². The summed E-state index contributed by atoms with van der Waals surface area (Å²) in [5.74, 6) is -0.634. The van der Waals surface area contributed by atoms with Crippen LogP contribution in [0.1, 0.15) is 42.4 Å². The zero-order valence-electron chi connectivity index (χ0n) is 13.1. The summed E-state index contributed by atoms with van der Waals surface area (Å²) in [6.45, 7) is 0. The molecule has 23 heavy (non-hydrogen) atoms. The van der Waals surface area contributed by atoms with Gasteiger partial charge in [0.1, 0.15) is 12.2 Å². The first-order chi connectivity index (χ1) is 11.0. The van der Waals surface area contributed by atoms with Gasteiger partial charge in [-0.05, 0) is 66.9 Å². The SMILES string of the molecule is O=C1O[C@@H]2C[C@@]1(O)C=C(CCc1ccc3c(c1)CCCC3)[C@H]2O. The van der Waals surface area contributed by atoms with Crippen LogP contribution in [0.2, 0.25) is 0 Å². The molecule has 0 unspecified atom stereocenters. The Bertz CT molecular complexity index is 678. The Morgan fingerprint density at radius 3 is 2.78 bits per heavy atom. The second-order valence-electron chi connectivity index (χ2n) is 7.05. The predicted octanol–water partition coefficient (Wildman–Crippen LogP) is 1.85. The Hall–Kier alpha value is -1.65. The third-order valence-electron chi connectivity index (χ3n) is 5.40. The van der Waals surface area contributed by atoms with E-state index in [1.165, 1.54) is 42.0 Å². The molecule has 3 atom stereocenters. The molecule has 1 aromatic rings. The number of hydrogen-bond acceptors (Lipinski definition) is 4. The van der Waals surface area contributed by atoms with Crippen LogP contribution >= 0.6 is 0 Å². The van der Waals surface area contributed by atoms with E-state index in [1.54, 1.807) is 0 Å². The van der Waals surface area contributed by atoms with Crippen LogP contribution < -0.4 is 0 Å². The first kappa shape index (κ1) is 14.9. The van der Waals surface area contributed by atoms with Gasteiger partial charge in [-0.3, -0.25) is 0 Å². The summed E-state index contributed by atoms with van der Waals surface area (Å²) < 4.78 is 5.07. The minimum absolute atomic E-state index is 0.162. The van der Waals surface area contributed by atoms with Gasteiger partial charge in [0.05, 0.1) is 0 Å². The minimum Gasteiger partial charge on any atom is -0.457 e. The normalized spacial score (nSPS) is 32.3. The highest BCUT2D eigenvalue weighted by Gasteiger charge is 2.52. The van der Waals surface area contributed by atoms with Gasteiger partial charge in [-0.1, -0.05) is 18.2 Å². The number of rotatable bonds is 3. The van der Waals surface area contributed by atoms with Crippen LogP contribution in [0.3, 0.4) is 0 Å². The van der Waals surface area contributed by atoms with Gasteiger partial charge in [0.25, 0.3) is 0 Å². The fraction of sp³-hybridized carbons (Fsp3) is 0.526. The van der Waals surface area contributed by atoms with E-state index in [0.717, 1.165) is 12.8 Å². The summed E-state index contributed by atoms with van der Waals surface area (Å²) in [7, 11) is 0. The Kier molecular flexibility index (Phi) is 3.54. The first-order valence-electron chi connectivity index (χ1n) is 8.49. The average molecular weight is 314 g/mol. The zero-order valence-corrected chi connectivity index (χ0v) is 13.1. The summed E-state index contributed by atoms with van der Waals surface area (Å²) >= 11 is 0. The number of carbonyl (C=O) groups is 1. The maximum atomic E-state index is 11.7. The van der Waals surface area contributed by atoms with Crippen molar-refractivity contribution in [3.8, 4) is 0 Å². The molecule has 4 rings (SSSR count). The number of benzene rings is 1. The largest absolute Gasteiger partial charge is 0.457 e. The number of aryl methyl sites for hydroxylation is 3. The van der Waals surface area contributed by atoms with Crippen LogP contribution in [0.5, 0.6) is 0 Å². The number of esters is 1. The zero-order chi connectivity index (χ0) is 16.0. The molecular formula is C19H22O4. The van der Waals surface area contributed by atoms with E-state index >= 15 is 0 Å². The fourth-order valence-corrected chi connectivity index (χ4v) is 4.05. The molecule has 0 radical (unpaired) electrons. The van der Waals surface area contributed by atoms with Gasteiger partial charge in [-0.15, -0.1) is 0 Å². The summed E-state index contributed by atoms with van der Waals surface area (Å²) in [5, 5.41) is 20.6. The van der Waals surface area contributed by atoms with Crippen LogP contribution in [0, 0.1) is 0 Å². The molecule has 1 fully saturated rings. The summed E-state index contributed by atoms with van der Waals surface area (Å²) in [5.41, 5.74) is 3.34. The van der Waals surface area contributed by atoms with E-state index < -0.39 is 23.8 Å². The summed E-state index contributed by atoms with van der Waals surface area (Å²) in [4.78, 5) is 11.7. The molecule has 1 heterocycles. The van der Waals surface area contributed by atoms with Gasteiger partial charge >= 0.3 is 5.97 Å². The van der Waals surface area contributed by atoms with Gasteiger partial charge in [0.2, 0.25) is 0 Å². The van der Waals surface area contributed by atoms with Crippen molar-refractivity contribution < 1.29 is 19.7 Å². The smallest absolute Gasteiger partial charge is 0.342 e. The topological polar surface area (TPSA) is 66.8 Å². The van der Waals surface area contributed by atoms with E-state index in [2.05, 4.69) is 18.2 Å². The molecule has 0 amide bonds. The lowest BCUT2D eigenvalue weighted by Gasteiger charge is -2.26. The first-order valence-corrected chi connectivity index (χ1v) is 8.49. The molecule has 2 aliphatic carbocycles. The Labute approximate surface area is 135 Å². The predicted molar refractivity (Wildman–Crippen MR) is 84.9 cm³/mol. The Morgan fingerprint density at radius 1 is 1.17 bits per heavy atom. The highest BCUT2D eigenvalue weighted by molar-refractivity contribution is 5.85. The maximum Gasteiger partial charge on any atom is 0.342 e. The van der Waals surface area contributed by atoms with Crippen molar-refractivity contribution in [2.24, 2.45) is 0 Å². The molecule has 0 spiro atoms. The third kappa shape index (κ3) is 2.60. The van der Waals surface area contributed by atoms with Crippen LogP contribution in [0.4, 0.5) is 0 Å². The third-order valence-corrected chi connectivity index (χ3v) is 5.40. The molecule has 1 aromatic carbocycles. The van der Waals surface area contributed by atoms with Gasteiger partial charge < -0.3 is 14.9 Å². The number of carbonyl (C=O) groups excluding carboxylic acids is 1. The van der Waals surface area contributed by atoms with Crippen molar-refractivity contribution in [2.75, 3.05) is 0 Å². The summed E-state index contributed by atoms with van der Waals surface area (Å²) in [6, 6.07) is 6.65. The van der Waals surface area contributed by atoms with Crippen LogP contribution in [0.25, 0.3) is 0 Å². The summed E-state index contributed by atoms with van der Waals surface area (Å²) in [6.07, 6.45) is 6.58. The highest BCUT2D eigenvalue weighted by atomic mass is 16.6. The van der Waals surface area contributed by atoms with E-state index in [-0.39, 0.29) is 6.42 Å². The molecule has 122 valence electrons. The quantitative estimate of drug-likeness (QED) is 0.660. The van der Waals surface area contributed by atoms with Crippen molar-refractivity contribution in [2.45, 2.75) is 62.8 Å². The van der Waals surface area contributed by atoms with E-state index in [4.69, 9.17) is 4.74 Å². The van der Waals surface area contributed by atoms with E-state index in [1.807, 2.05) is 0 Å². The molecule has 0 aromatic heterocycles. The number of hydrogen-bond donors (Lipinski definition) is 2. The molecular weight excluding hydrogens is 292 g/mol. The second-order valence-corrected chi connectivity index (χ2v) is 7.05. The van der Waals surface area contributed by atoms with Crippen molar-refractivity contribution in [1.29, 1.82) is 0 Å². The minimum atomic E-state index is -1.53. The molecule has 4 nitrogen and oxygen atoms in total. The van der Waals surface area contributed by atoms with E-state index in [9.17, 15) is 15.0 Å². The lowest BCUT2D eigenvalue weighted by Crippen LogP contribution is -2.38. The molecule has 4 heteroatoms. The fourth-order valence-electron chi connectivity index (χ4n) is 4.05. The van der Waals surface area contributed by atoms with Gasteiger partial charge in [0.15, 0.2) is 5.60 Å². The molecule has 2 bridgehead atoms. The molecule has 3 aliphatic rings. The average Bonchev–Trinajstić information content (AvgIpc) is 2.81. The Balaban J connectivity index is 1.50. The standard InChI is InChI=1S/C19H22O4/c20-17-15(10-19(22)11-16(17)23-18(19)21)8-6-12-5-7-13-3-1-2-4-14(13)9-12/h5,7,9-10,16-17,20,22H,1-4,6,8,11H2/t16-,17-,19+/m1/s1. The van der Waals surface area contributed by atoms with Crippen molar-refractivity contribution in [3.05, 3.63) is 46.5 Å². The van der Waals surface area contributed by atoms with E-state index in [0.29, 0.717) is 12.0 Å². The lowest BCUT2D eigenvalue weighted by atomic mass is 9.83. The van der Waals surface area contributed by atoms with Crippen LogP contribution in [-0.4, -0.2) is 34.0 Å². The van der Waals surface area contributed by atoms with Gasteiger partial charge in [-0.25, -0.2) is 4.79 Å². The van der Waals surface area contributed by atoms with Crippen molar-refractivity contribution in [1.82, 2.24) is 0 Å². The van der Waals surface area contributed by atoms with Gasteiger partial charge in [0, 0.05) is 6.42 Å². The highest BCUT2D eigenvalue weighted by Crippen LogP contribution is 2.38. The monoisotopic (exact) mass is 314 g/mol.